The number of methoxy groups -OCH3 is 1. The van der Waals surface area contributed by atoms with Crippen LogP contribution in [0.1, 0.15) is 18.9 Å². The SMILES string of the molecule is CC/C=C/c1c(OC)cccc1[N+](=O)[O-]. The lowest BCUT2D eigenvalue weighted by Gasteiger charge is -2.04. The second kappa shape index (κ2) is 5.14. The molecular formula is C11H13NO3. The van der Waals surface area contributed by atoms with Crippen molar-refractivity contribution >= 4 is 11.8 Å². The molecule has 0 unspecified atom stereocenters. The maximum Gasteiger partial charge on any atom is 0.280 e. The summed E-state index contributed by atoms with van der Waals surface area (Å²) in [6.45, 7) is 1.97. The smallest absolute Gasteiger partial charge is 0.280 e. The number of nitrogens with zero attached hydrogens (tertiary/aromatic N) is 1. The van der Waals surface area contributed by atoms with Gasteiger partial charge in [0.25, 0.3) is 5.69 Å². The first-order valence-electron chi connectivity index (χ1n) is 4.68. The van der Waals surface area contributed by atoms with E-state index in [2.05, 4.69) is 0 Å². The molecule has 0 aliphatic rings. The van der Waals surface area contributed by atoms with Gasteiger partial charge in [-0.05, 0) is 18.6 Å². The van der Waals surface area contributed by atoms with Crippen LogP contribution in [0.25, 0.3) is 6.08 Å². The monoisotopic (exact) mass is 207 g/mol. The Morgan fingerprint density at radius 1 is 1.53 bits per heavy atom. The first-order valence-corrected chi connectivity index (χ1v) is 4.68. The van der Waals surface area contributed by atoms with Gasteiger partial charge < -0.3 is 4.74 Å². The van der Waals surface area contributed by atoms with Crippen molar-refractivity contribution in [3.63, 3.8) is 0 Å². The number of ether oxygens (including phenoxy) is 1. The summed E-state index contributed by atoms with van der Waals surface area (Å²) in [5.74, 6) is 0.522. The molecule has 0 heterocycles. The van der Waals surface area contributed by atoms with E-state index in [0.717, 1.165) is 6.42 Å². The highest BCUT2D eigenvalue weighted by molar-refractivity contribution is 5.67. The lowest BCUT2D eigenvalue weighted by atomic mass is 10.1. The third-order valence-corrected chi connectivity index (χ3v) is 1.98. The van der Waals surface area contributed by atoms with Crippen LogP contribution in [-0.4, -0.2) is 12.0 Å². The molecule has 0 bridgehead atoms. The van der Waals surface area contributed by atoms with E-state index < -0.39 is 4.92 Å². The summed E-state index contributed by atoms with van der Waals surface area (Å²) >= 11 is 0. The van der Waals surface area contributed by atoms with Gasteiger partial charge in [0.15, 0.2) is 0 Å². The minimum Gasteiger partial charge on any atom is -0.496 e. The Balaban J connectivity index is 3.26. The van der Waals surface area contributed by atoms with Gasteiger partial charge in [-0.1, -0.05) is 19.1 Å². The van der Waals surface area contributed by atoms with Crippen LogP contribution in [0.15, 0.2) is 24.3 Å². The number of rotatable bonds is 4. The van der Waals surface area contributed by atoms with Crippen LogP contribution in [0.3, 0.4) is 0 Å². The Kier molecular flexibility index (Phi) is 3.85. The van der Waals surface area contributed by atoms with Crippen LogP contribution in [0, 0.1) is 10.1 Å². The third kappa shape index (κ3) is 2.56. The fourth-order valence-corrected chi connectivity index (χ4v) is 1.27. The highest BCUT2D eigenvalue weighted by atomic mass is 16.6. The second-order valence-corrected chi connectivity index (χ2v) is 2.96. The van der Waals surface area contributed by atoms with Gasteiger partial charge in [0.1, 0.15) is 5.75 Å². The van der Waals surface area contributed by atoms with Crippen molar-refractivity contribution in [2.45, 2.75) is 13.3 Å². The minimum atomic E-state index is -0.405. The first kappa shape index (κ1) is 11.2. The van der Waals surface area contributed by atoms with Gasteiger partial charge in [0.2, 0.25) is 0 Å². The van der Waals surface area contributed by atoms with E-state index in [0.29, 0.717) is 11.3 Å². The van der Waals surface area contributed by atoms with E-state index in [1.165, 1.54) is 13.2 Å². The molecule has 1 aromatic carbocycles. The minimum absolute atomic E-state index is 0.0686. The quantitative estimate of drug-likeness (QED) is 0.563. The molecule has 0 N–H and O–H groups in total. The third-order valence-electron chi connectivity index (χ3n) is 1.98. The summed E-state index contributed by atoms with van der Waals surface area (Å²) in [6, 6.07) is 4.79. The molecule has 0 radical (unpaired) electrons. The van der Waals surface area contributed by atoms with Crippen LogP contribution in [0.5, 0.6) is 5.75 Å². The predicted molar refractivity (Wildman–Crippen MR) is 59.0 cm³/mol. The Bertz CT molecular complexity index is 385. The lowest BCUT2D eigenvalue weighted by Crippen LogP contribution is -1.94. The number of hydrogen-bond donors (Lipinski definition) is 0. The number of allylic oxidation sites excluding steroid dienone is 1. The van der Waals surface area contributed by atoms with Crippen molar-refractivity contribution in [2.75, 3.05) is 7.11 Å². The maximum absolute atomic E-state index is 10.8. The van der Waals surface area contributed by atoms with E-state index >= 15 is 0 Å². The van der Waals surface area contributed by atoms with Crippen molar-refractivity contribution in [2.24, 2.45) is 0 Å². The van der Waals surface area contributed by atoms with Crippen molar-refractivity contribution in [1.82, 2.24) is 0 Å². The fraction of sp³-hybridized carbons (Fsp3) is 0.273. The normalized spacial score (nSPS) is 10.5. The average Bonchev–Trinajstić information content (AvgIpc) is 2.25. The van der Waals surface area contributed by atoms with Crippen LogP contribution in [-0.2, 0) is 0 Å². The molecule has 15 heavy (non-hydrogen) atoms. The fourth-order valence-electron chi connectivity index (χ4n) is 1.27. The van der Waals surface area contributed by atoms with Gasteiger partial charge in [0, 0.05) is 6.07 Å². The van der Waals surface area contributed by atoms with Crippen molar-refractivity contribution < 1.29 is 9.66 Å². The zero-order valence-electron chi connectivity index (χ0n) is 8.77. The summed E-state index contributed by atoms with van der Waals surface area (Å²) in [7, 11) is 1.50. The average molecular weight is 207 g/mol. The highest BCUT2D eigenvalue weighted by Crippen LogP contribution is 2.29. The van der Waals surface area contributed by atoms with E-state index in [9.17, 15) is 10.1 Å². The molecule has 0 aliphatic heterocycles. The Hall–Kier alpha value is -1.84. The lowest BCUT2D eigenvalue weighted by molar-refractivity contribution is -0.385. The van der Waals surface area contributed by atoms with Crippen LogP contribution in [0.4, 0.5) is 5.69 Å². The van der Waals surface area contributed by atoms with Crippen molar-refractivity contribution in [1.29, 1.82) is 0 Å². The molecule has 0 aromatic heterocycles. The van der Waals surface area contributed by atoms with E-state index in [1.54, 1.807) is 18.2 Å². The molecule has 0 aliphatic carbocycles. The van der Waals surface area contributed by atoms with Crippen LogP contribution in [0.2, 0.25) is 0 Å². The van der Waals surface area contributed by atoms with Gasteiger partial charge in [-0.3, -0.25) is 10.1 Å². The molecule has 0 spiro atoms. The van der Waals surface area contributed by atoms with Gasteiger partial charge in [-0.15, -0.1) is 0 Å². The Morgan fingerprint density at radius 2 is 2.27 bits per heavy atom. The molecule has 0 saturated heterocycles. The summed E-state index contributed by atoms with van der Waals surface area (Å²) in [5, 5.41) is 10.8. The Morgan fingerprint density at radius 3 is 2.80 bits per heavy atom. The summed E-state index contributed by atoms with van der Waals surface area (Å²) in [4.78, 5) is 10.4. The van der Waals surface area contributed by atoms with Gasteiger partial charge in [-0.2, -0.15) is 0 Å². The zero-order valence-corrected chi connectivity index (χ0v) is 8.77. The number of nitro groups is 1. The molecule has 4 nitrogen and oxygen atoms in total. The standard InChI is InChI=1S/C11H13NO3/c1-3-4-6-9-10(12(13)14)7-5-8-11(9)15-2/h4-8H,3H2,1-2H3/b6-4+. The zero-order chi connectivity index (χ0) is 11.3. The first-order chi connectivity index (χ1) is 7.20. The van der Waals surface area contributed by atoms with Crippen LogP contribution < -0.4 is 4.74 Å². The topological polar surface area (TPSA) is 52.4 Å². The highest BCUT2D eigenvalue weighted by Gasteiger charge is 2.14. The molecule has 4 heteroatoms. The molecule has 1 rings (SSSR count). The largest absolute Gasteiger partial charge is 0.496 e. The second-order valence-electron chi connectivity index (χ2n) is 2.96. The van der Waals surface area contributed by atoms with E-state index in [-0.39, 0.29) is 5.69 Å². The molecule has 1 aromatic rings. The number of nitro benzene ring substituents is 1. The van der Waals surface area contributed by atoms with Crippen LogP contribution >= 0.6 is 0 Å². The molecule has 80 valence electrons. The molecule has 0 atom stereocenters. The molecule has 0 amide bonds. The van der Waals surface area contributed by atoms with Crippen molar-refractivity contribution in [3.8, 4) is 5.75 Å². The van der Waals surface area contributed by atoms with Crippen molar-refractivity contribution in [3.05, 3.63) is 40.0 Å². The van der Waals surface area contributed by atoms with E-state index in [1.807, 2.05) is 13.0 Å². The Labute approximate surface area is 88.3 Å². The summed E-state index contributed by atoms with van der Waals surface area (Å²) in [6.07, 6.45) is 4.41. The van der Waals surface area contributed by atoms with E-state index in [4.69, 9.17) is 4.74 Å². The molecule has 0 saturated carbocycles. The van der Waals surface area contributed by atoms with Gasteiger partial charge in [-0.25, -0.2) is 0 Å². The van der Waals surface area contributed by atoms with Gasteiger partial charge >= 0.3 is 0 Å². The number of hydrogen-bond acceptors (Lipinski definition) is 3. The maximum atomic E-state index is 10.8. The van der Waals surface area contributed by atoms with Gasteiger partial charge in [0.05, 0.1) is 17.6 Å². The molecular weight excluding hydrogens is 194 g/mol. The number of benzene rings is 1. The molecule has 0 fully saturated rings. The predicted octanol–water partition coefficient (Wildman–Crippen LogP) is 3.03. The summed E-state index contributed by atoms with van der Waals surface area (Å²) in [5.41, 5.74) is 0.589. The summed E-state index contributed by atoms with van der Waals surface area (Å²) < 4.78 is 5.08.